The van der Waals surface area contributed by atoms with E-state index in [-0.39, 0.29) is 13.2 Å². The Morgan fingerprint density at radius 1 is 0.911 bits per heavy atom. The molecular formula is C35H36N2O8. The Bertz CT molecular complexity index is 1710. The van der Waals surface area contributed by atoms with Crippen LogP contribution >= 0.6 is 0 Å². The van der Waals surface area contributed by atoms with Gasteiger partial charge in [-0.25, -0.2) is 0 Å². The van der Waals surface area contributed by atoms with Crippen molar-refractivity contribution in [3.63, 3.8) is 0 Å². The van der Waals surface area contributed by atoms with E-state index >= 15 is 0 Å². The van der Waals surface area contributed by atoms with E-state index < -0.39 is 24.0 Å². The summed E-state index contributed by atoms with van der Waals surface area (Å²) in [7, 11) is 0. The minimum absolute atomic E-state index is 0.108. The predicted molar refractivity (Wildman–Crippen MR) is 168 cm³/mol. The molecule has 0 fully saturated rings. The van der Waals surface area contributed by atoms with Crippen LogP contribution in [0.4, 0.5) is 0 Å². The first-order valence-electron chi connectivity index (χ1n) is 14.5. The van der Waals surface area contributed by atoms with Crippen LogP contribution in [0.3, 0.4) is 0 Å². The highest BCUT2D eigenvalue weighted by Crippen LogP contribution is 2.36. The molecule has 0 saturated heterocycles. The number of hydrogen-bond donors (Lipinski definition) is 4. The highest BCUT2D eigenvalue weighted by Gasteiger charge is 2.32. The van der Waals surface area contributed by atoms with E-state index in [1.165, 1.54) is 6.92 Å². The fourth-order valence-electron chi connectivity index (χ4n) is 4.89. The van der Waals surface area contributed by atoms with Gasteiger partial charge < -0.3 is 34.9 Å². The summed E-state index contributed by atoms with van der Waals surface area (Å²) in [4.78, 5) is 23.4. The second-order valence-electron chi connectivity index (χ2n) is 11.0. The number of nitrogens with one attached hydrogen (secondary N) is 1. The maximum absolute atomic E-state index is 11.7. The van der Waals surface area contributed by atoms with Gasteiger partial charge in [-0.15, -0.1) is 0 Å². The van der Waals surface area contributed by atoms with Crippen molar-refractivity contribution in [3.8, 4) is 34.1 Å². The number of benzene rings is 4. The number of carboxylic acid groups (broad SMARTS) is 1. The van der Waals surface area contributed by atoms with Gasteiger partial charge in [0.15, 0.2) is 11.5 Å². The number of nitrogens with two attached hydrogens (primary N) is 1. The number of hydrogen-bond acceptors (Lipinski definition) is 8. The number of primary amides is 1. The number of carbonyl (C=O) groups excluding carboxylic acids is 1. The van der Waals surface area contributed by atoms with Crippen LogP contribution in [-0.2, 0) is 24.6 Å². The van der Waals surface area contributed by atoms with Crippen molar-refractivity contribution in [1.82, 2.24) is 5.32 Å². The second kappa shape index (κ2) is 13.7. The van der Waals surface area contributed by atoms with Crippen molar-refractivity contribution in [2.75, 3.05) is 19.8 Å². The van der Waals surface area contributed by atoms with Gasteiger partial charge in [0.25, 0.3) is 0 Å². The lowest BCUT2D eigenvalue weighted by Gasteiger charge is -2.24. The average Bonchev–Trinajstić information content (AvgIpc) is 3.06. The maximum Gasteiger partial charge on any atom is 0.326 e. The first-order chi connectivity index (χ1) is 21.7. The lowest BCUT2D eigenvalue weighted by atomic mass is 9.96. The number of rotatable bonds is 13. The number of ether oxygens (including phenoxy) is 4. The molecular weight excluding hydrogens is 576 g/mol. The molecule has 4 aromatic carbocycles. The van der Waals surface area contributed by atoms with Crippen LogP contribution in [0.25, 0.3) is 11.1 Å². The van der Waals surface area contributed by atoms with E-state index in [2.05, 4.69) is 18.3 Å². The zero-order valence-electron chi connectivity index (χ0n) is 25.2. The van der Waals surface area contributed by atoms with Crippen LogP contribution in [0.15, 0.2) is 78.9 Å². The van der Waals surface area contributed by atoms with Gasteiger partial charge >= 0.3 is 5.97 Å². The minimum Gasteiger partial charge on any atom is -0.489 e. The Morgan fingerprint density at radius 3 is 2.44 bits per heavy atom. The molecule has 4 aromatic rings. The summed E-state index contributed by atoms with van der Waals surface area (Å²) in [5, 5.41) is 22.1. The number of aliphatic hydroxyl groups is 1. The molecule has 1 atom stereocenters. The summed E-state index contributed by atoms with van der Waals surface area (Å²) in [5.41, 5.74) is 9.78. The lowest BCUT2D eigenvalue weighted by molar-refractivity contribution is -0.145. The Kier molecular flexibility index (Phi) is 9.56. The fourth-order valence-corrected chi connectivity index (χ4v) is 4.89. The molecule has 1 aliphatic rings. The molecule has 0 bridgehead atoms. The second-order valence-corrected chi connectivity index (χ2v) is 11.0. The Morgan fingerprint density at radius 2 is 1.69 bits per heavy atom. The average molecular weight is 613 g/mol. The molecule has 5 rings (SSSR count). The number of aliphatic carboxylic acids is 1. The van der Waals surface area contributed by atoms with E-state index in [0.29, 0.717) is 42.4 Å². The minimum atomic E-state index is -1.54. The third-order valence-corrected chi connectivity index (χ3v) is 7.80. The number of amides is 1. The molecule has 1 heterocycles. The SMILES string of the molecule is Cc1c(COc2ccc(CN[C@](C)(CO)C(=O)O)c(OCc3cccc(C(N)=O)c3)c2)cccc1-c1ccc2c(c1)OCCO2. The number of aliphatic hydroxyl groups excluding tert-OH is 1. The van der Waals surface area contributed by atoms with Gasteiger partial charge in [0.1, 0.15) is 43.5 Å². The Hall–Kier alpha value is -5.06. The molecule has 45 heavy (non-hydrogen) atoms. The van der Waals surface area contributed by atoms with Gasteiger partial charge in [0.2, 0.25) is 5.91 Å². The summed E-state index contributed by atoms with van der Waals surface area (Å²) < 4.78 is 23.8. The van der Waals surface area contributed by atoms with Gasteiger partial charge in [-0.1, -0.05) is 42.5 Å². The first-order valence-corrected chi connectivity index (χ1v) is 14.5. The van der Waals surface area contributed by atoms with E-state index in [9.17, 15) is 19.8 Å². The summed E-state index contributed by atoms with van der Waals surface area (Å²) in [6.07, 6.45) is 0. The summed E-state index contributed by atoms with van der Waals surface area (Å²) in [6.45, 7) is 4.45. The molecule has 5 N–H and O–H groups in total. The van der Waals surface area contributed by atoms with Crippen LogP contribution in [0, 0.1) is 6.92 Å². The summed E-state index contributed by atoms with van der Waals surface area (Å²) >= 11 is 0. The van der Waals surface area contributed by atoms with E-state index in [0.717, 1.165) is 39.3 Å². The predicted octanol–water partition coefficient (Wildman–Crippen LogP) is 4.62. The van der Waals surface area contributed by atoms with Gasteiger partial charge in [-0.3, -0.25) is 14.9 Å². The normalized spacial score (nSPS) is 13.5. The molecule has 1 aliphatic heterocycles. The van der Waals surface area contributed by atoms with Crippen LogP contribution in [0.2, 0.25) is 0 Å². The van der Waals surface area contributed by atoms with Gasteiger partial charge in [-0.2, -0.15) is 0 Å². The monoisotopic (exact) mass is 612 g/mol. The summed E-state index contributed by atoms with van der Waals surface area (Å²) in [6, 6.07) is 24.1. The highest BCUT2D eigenvalue weighted by molar-refractivity contribution is 5.92. The molecule has 0 spiro atoms. The first kappa shape index (κ1) is 31.4. The fraction of sp³-hybridized carbons (Fsp3) is 0.257. The Labute approximate surface area is 261 Å². The Balaban J connectivity index is 1.36. The largest absolute Gasteiger partial charge is 0.489 e. The quantitative estimate of drug-likeness (QED) is 0.170. The van der Waals surface area contributed by atoms with Crippen LogP contribution < -0.4 is 30.0 Å². The molecule has 1 amide bonds. The smallest absolute Gasteiger partial charge is 0.326 e. The van der Waals surface area contributed by atoms with Crippen LogP contribution in [0.1, 0.15) is 39.5 Å². The molecule has 0 aromatic heterocycles. The van der Waals surface area contributed by atoms with Crippen molar-refractivity contribution >= 4 is 11.9 Å². The molecule has 0 saturated carbocycles. The molecule has 0 radical (unpaired) electrons. The van der Waals surface area contributed by atoms with Crippen molar-refractivity contribution in [2.24, 2.45) is 5.73 Å². The number of carbonyl (C=O) groups is 2. The third-order valence-electron chi connectivity index (χ3n) is 7.80. The van der Waals surface area contributed by atoms with Crippen molar-refractivity contribution in [2.45, 2.75) is 39.1 Å². The van der Waals surface area contributed by atoms with Gasteiger partial charge in [0.05, 0.1) is 6.61 Å². The maximum atomic E-state index is 11.7. The lowest BCUT2D eigenvalue weighted by Crippen LogP contribution is -2.52. The van der Waals surface area contributed by atoms with Gasteiger partial charge in [-0.05, 0) is 72.0 Å². The van der Waals surface area contributed by atoms with Crippen molar-refractivity contribution in [1.29, 1.82) is 0 Å². The van der Waals surface area contributed by atoms with E-state index in [4.69, 9.17) is 24.7 Å². The van der Waals surface area contributed by atoms with Crippen molar-refractivity contribution in [3.05, 3.63) is 107 Å². The highest BCUT2D eigenvalue weighted by atomic mass is 16.6. The standard InChI is InChI=1S/C35H36N2O8/c1-22-27(7-4-8-29(22)24-10-12-30-32(16-24)43-14-13-42-30)20-44-28-11-9-26(18-37-35(2,21-38)34(40)41)31(17-28)45-19-23-5-3-6-25(15-23)33(36)39/h3-12,15-17,37-38H,13-14,18-21H2,1-2H3,(H2,36,39)(H,40,41)/t35-/m1/s1. The number of carboxylic acids is 1. The summed E-state index contributed by atoms with van der Waals surface area (Å²) in [5.74, 6) is 0.755. The molecule has 10 heteroatoms. The molecule has 234 valence electrons. The third kappa shape index (κ3) is 7.36. The van der Waals surface area contributed by atoms with E-state index in [1.807, 2.05) is 36.4 Å². The van der Waals surface area contributed by atoms with Crippen molar-refractivity contribution < 1.29 is 38.7 Å². The van der Waals surface area contributed by atoms with Crippen LogP contribution in [0.5, 0.6) is 23.0 Å². The zero-order valence-corrected chi connectivity index (χ0v) is 25.2. The molecule has 0 unspecified atom stereocenters. The topological polar surface area (TPSA) is 150 Å². The zero-order chi connectivity index (χ0) is 32.0. The van der Waals surface area contributed by atoms with E-state index in [1.54, 1.807) is 36.4 Å². The number of fused-ring (bicyclic) bond motifs is 1. The molecule has 10 nitrogen and oxygen atoms in total. The van der Waals surface area contributed by atoms with Gasteiger partial charge in [0, 0.05) is 23.7 Å². The van der Waals surface area contributed by atoms with Crippen LogP contribution in [-0.4, -0.2) is 47.4 Å². The molecule has 0 aliphatic carbocycles.